The summed E-state index contributed by atoms with van der Waals surface area (Å²) in [5.41, 5.74) is 2.45. The Morgan fingerprint density at radius 3 is 2.12 bits per heavy atom. The van der Waals surface area contributed by atoms with E-state index < -0.39 is 0 Å². The van der Waals surface area contributed by atoms with Crippen molar-refractivity contribution >= 4 is 10.9 Å². The second kappa shape index (κ2) is 5.68. The van der Waals surface area contributed by atoms with Crippen molar-refractivity contribution in [2.45, 2.75) is 6.92 Å². The first-order valence-electron chi connectivity index (χ1n) is 5.82. The summed E-state index contributed by atoms with van der Waals surface area (Å²) >= 11 is 0. The van der Waals surface area contributed by atoms with Gasteiger partial charge in [-0.05, 0) is 24.4 Å². The lowest BCUT2D eigenvalue weighted by molar-refractivity contribution is 0.534. The number of benzene rings is 1. The molecule has 0 unspecified atom stereocenters. The summed E-state index contributed by atoms with van der Waals surface area (Å²) in [5.74, 6) is 0. The van der Waals surface area contributed by atoms with E-state index in [4.69, 9.17) is 0 Å². The average molecular weight is 217 g/mol. The maximum atomic E-state index is 3.26. The van der Waals surface area contributed by atoms with Gasteiger partial charge in [0, 0.05) is 37.4 Å². The van der Waals surface area contributed by atoms with E-state index in [9.17, 15) is 0 Å². The van der Waals surface area contributed by atoms with Crippen LogP contribution in [-0.4, -0.2) is 31.2 Å². The fourth-order valence-electron chi connectivity index (χ4n) is 1.82. The van der Waals surface area contributed by atoms with E-state index in [2.05, 4.69) is 46.8 Å². The largest absolute Gasteiger partial charge is 0.359 e. The number of para-hydroxylation sites is 1. The molecule has 1 aliphatic heterocycles. The van der Waals surface area contributed by atoms with Crippen LogP contribution in [0.15, 0.2) is 30.3 Å². The van der Waals surface area contributed by atoms with E-state index in [1.165, 1.54) is 16.6 Å². The number of H-pyrrole nitrogens is 1. The van der Waals surface area contributed by atoms with Gasteiger partial charge in [-0.15, -0.1) is 0 Å². The minimum Gasteiger partial charge on any atom is -0.359 e. The Morgan fingerprint density at radius 2 is 1.56 bits per heavy atom. The highest BCUT2D eigenvalue weighted by Gasteiger charge is 1.92. The molecule has 1 aliphatic rings. The zero-order chi connectivity index (χ0) is 11.2. The quantitative estimate of drug-likeness (QED) is 0.628. The minimum absolute atomic E-state index is 1.14. The highest BCUT2D eigenvalue weighted by atomic mass is 15.0. The number of piperazine rings is 1. The van der Waals surface area contributed by atoms with Crippen LogP contribution in [0.1, 0.15) is 5.69 Å². The molecule has 16 heavy (non-hydrogen) atoms. The van der Waals surface area contributed by atoms with Crippen LogP contribution in [0.5, 0.6) is 0 Å². The molecular weight excluding hydrogens is 198 g/mol. The smallest absolute Gasteiger partial charge is 0.0455 e. The van der Waals surface area contributed by atoms with Crippen LogP contribution < -0.4 is 10.6 Å². The van der Waals surface area contributed by atoms with Gasteiger partial charge in [0.05, 0.1) is 0 Å². The Morgan fingerprint density at radius 1 is 0.938 bits per heavy atom. The number of fused-ring (bicyclic) bond motifs is 1. The van der Waals surface area contributed by atoms with Crippen molar-refractivity contribution in [2.75, 3.05) is 26.2 Å². The number of aryl methyl sites for hydroxylation is 1. The molecule has 1 aromatic carbocycles. The number of hydrogen-bond donors (Lipinski definition) is 3. The number of nitrogens with one attached hydrogen (secondary N) is 3. The van der Waals surface area contributed by atoms with Crippen molar-refractivity contribution in [2.24, 2.45) is 0 Å². The van der Waals surface area contributed by atoms with Gasteiger partial charge in [-0.3, -0.25) is 0 Å². The molecule has 0 aliphatic carbocycles. The van der Waals surface area contributed by atoms with Crippen molar-refractivity contribution in [1.29, 1.82) is 0 Å². The Hall–Kier alpha value is -1.32. The second-order valence-corrected chi connectivity index (χ2v) is 4.04. The fourth-order valence-corrected chi connectivity index (χ4v) is 1.82. The van der Waals surface area contributed by atoms with Crippen molar-refractivity contribution in [1.82, 2.24) is 15.6 Å². The van der Waals surface area contributed by atoms with Gasteiger partial charge in [0.2, 0.25) is 0 Å². The van der Waals surface area contributed by atoms with E-state index in [-0.39, 0.29) is 0 Å². The fraction of sp³-hybridized carbons (Fsp3) is 0.385. The molecule has 3 heteroatoms. The lowest BCUT2D eigenvalue weighted by Gasteiger charge is -2.11. The molecule has 0 radical (unpaired) electrons. The second-order valence-electron chi connectivity index (χ2n) is 4.04. The van der Waals surface area contributed by atoms with Gasteiger partial charge < -0.3 is 15.6 Å². The molecule has 3 N–H and O–H groups in total. The van der Waals surface area contributed by atoms with Crippen molar-refractivity contribution in [3.8, 4) is 0 Å². The molecule has 86 valence electrons. The zero-order valence-electron chi connectivity index (χ0n) is 9.72. The summed E-state index contributed by atoms with van der Waals surface area (Å²) in [6, 6.07) is 10.4. The standard InChI is InChI=1S/C9H9N.C4H10N2/c1-7-6-8-4-2-3-5-9(8)10-7;1-2-6-4-3-5-1/h2-6,10H,1H3;5-6H,1-4H2. The molecule has 2 aromatic rings. The topological polar surface area (TPSA) is 39.8 Å². The first-order chi connectivity index (χ1) is 7.86. The first kappa shape index (κ1) is 11.2. The maximum Gasteiger partial charge on any atom is 0.0455 e. The predicted octanol–water partition coefficient (Wildman–Crippen LogP) is 1.66. The minimum atomic E-state index is 1.14. The first-order valence-corrected chi connectivity index (χ1v) is 5.82. The Balaban J connectivity index is 0.000000138. The van der Waals surface area contributed by atoms with Gasteiger partial charge in [0.1, 0.15) is 0 Å². The average Bonchev–Trinajstić information content (AvgIpc) is 2.72. The third-order valence-electron chi connectivity index (χ3n) is 2.62. The highest BCUT2D eigenvalue weighted by Crippen LogP contribution is 2.12. The summed E-state index contributed by atoms with van der Waals surface area (Å²) in [6.45, 7) is 6.62. The van der Waals surface area contributed by atoms with E-state index in [1.54, 1.807) is 0 Å². The van der Waals surface area contributed by atoms with Crippen molar-refractivity contribution in [3.05, 3.63) is 36.0 Å². The SMILES string of the molecule is C1CNCCN1.Cc1cc2ccccc2[nH]1. The van der Waals surface area contributed by atoms with Crippen LogP contribution in [0.3, 0.4) is 0 Å². The number of aromatic nitrogens is 1. The molecule has 1 saturated heterocycles. The monoisotopic (exact) mass is 217 g/mol. The molecule has 2 heterocycles. The summed E-state index contributed by atoms with van der Waals surface area (Å²) in [4.78, 5) is 3.26. The molecule has 3 nitrogen and oxygen atoms in total. The Labute approximate surface area is 96.2 Å². The zero-order valence-corrected chi connectivity index (χ0v) is 9.72. The van der Waals surface area contributed by atoms with Crippen molar-refractivity contribution in [3.63, 3.8) is 0 Å². The van der Waals surface area contributed by atoms with Crippen LogP contribution in [0.25, 0.3) is 10.9 Å². The maximum absolute atomic E-state index is 3.26. The number of hydrogen-bond acceptors (Lipinski definition) is 2. The number of aromatic amines is 1. The van der Waals surface area contributed by atoms with Gasteiger partial charge in [0.15, 0.2) is 0 Å². The van der Waals surface area contributed by atoms with Crippen LogP contribution in [-0.2, 0) is 0 Å². The Kier molecular flexibility index (Phi) is 3.97. The summed E-state index contributed by atoms with van der Waals surface area (Å²) in [7, 11) is 0. The van der Waals surface area contributed by atoms with E-state index in [0.717, 1.165) is 26.2 Å². The lowest BCUT2D eigenvalue weighted by atomic mass is 10.2. The normalized spacial score (nSPS) is 15.6. The molecule has 1 aromatic heterocycles. The van der Waals surface area contributed by atoms with Crippen LogP contribution in [0, 0.1) is 6.92 Å². The van der Waals surface area contributed by atoms with Crippen LogP contribution in [0.4, 0.5) is 0 Å². The summed E-state index contributed by atoms with van der Waals surface area (Å²) < 4.78 is 0. The van der Waals surface area contributed by atoms with Crippen LogP contribution >= 0.6 is 0 Å². The summed E-state index contributed by atoms with van der Waals surface area (Å²) in [6.07, 6.45) is 0. The van der Waals surface area contributed by atoms with E-state index in [1.807, 2.05) is 6.07 Å². The molecular formula is C13H19N3. The molecule has 0 atom stereocenters. The summed E-state index contributed by atoms with van der Waals surface area (Å²) in [5, 5.41) is 7.74. The van der Waals surface area contributed by atoms with Gasteiger partial charge >= 0.3 is 0 Å². The van der Waals surface area contributed by atoms with Gasteiger partial charge in [0.25, 0.3) is 0 Å². The van der Waals surface area contributed by atoms with Gasteiger partial charge in [-0.2, -0.15) is 0 Å². The molecule has 1 fully saturated rings. The molecule has 0 spiro atoms. The van der Waals surface area contributed by atoms with Crippen LogP contribution in [0.2, 0.25) is 0 Å². The lowest BCUT2D eigenvalue weighted by Crippen LogP contribution is -2.39. The third kappa shape index (κ3) is 3.08. The third-order valence-corrected chi connectivity index (χ3v) is 2.62. The van der Waals surface area contributed by atoms with E-state index >= 15 is 0 Å². The molecule has 3 rings (SSSR count). The highest BCUT2D eigenvalue weighted by molar-refractivity contribution is 5.79. The van der Waals surface area contributed by atoms with Gasteiger partial charge in [-0.1, -0.05) is 18.2 Å². The van der Waals surface area contributed by atoms with Crippen molar-refractivity contribution < 1.29 is 0 Å². The Bertz CT molecular complexity index is 385. The predicted molar refractivity (Wildman–Crippen MR) is 68.8 cm³/mol. The molecule has 0 amide bonds. The van der Waals surface area contributed by atoms with E-state index in [0.29, 0.717) is 0 Å². The molecule has 0 bridgehead atoms. The number of rotatable bonds is 0. The van der Waals surface area contributed by atoms with Gasteiger partial charge in [-0.25, -0.2) is 0 Å². The molecule has 0 saturated carbocycles.